The first-order valence-electron chi connectivity index (χ1n) is 6.39. The monoisotopic (exact) mass is 249 g/mol. The zero-order chi connectivity index (χ0) is 13.2. The minimum absolute atomic E-state index is 0.128. The molecule has 0 saturated heterocycles. The van der Waals surface area contributed by atoms with E-state index in [0.717, 1.165) is 16.8 Å². The summed E-state index contributed by atoms with van der Waals surface area (Å²) in [6.45, 7) is 2.04. The van der Waals surface area contributed by atoms with Crippen LogP contribution in [0.4, 0.5) is 5.69 Å². The Morgan fingerprint density at radius 3 is 2.32 bits per heavy atom. The van der Waals surface area contributed by atoms with Crippen LogP contribution in [0.3, 0.4) is 0 Å². The quantitative estimate of drug-likeness (QED) is 0.793. The largest absolute Gasteiger partial charge is 0.287 e. The highest BCUT2D eigenvalue weighted by atomic mass is 16.2. The van der Waals surface area contributed by atoms with Gasteiger partial charge in [-0.3, -0.25) is 9.69 Å². The van der Waals surface area contributed by atoms with E-state index in [1.54, 1.807) is 4.90 Å². The van der Waals surface area contributed by atoms with Crippen molar-refractivity contribution in [3.8, 4) is 0 Å². The molecular formula is C17H15NO. The molecule has 0 N–H and O–H groups in total. The zero-order valence-corrected chi connectivity index (χ0v) is 10.8. The van der Waals surface area contributed by atoms with Crippen molar-refractivity contribution in [3.63, 3.8) is 0 Å². The summed E-state index contributed by atoms with van der Waals surface area (Å²) in [6.07, 6.45) is 2.42. The number of anilines is 1. The molecule has 2 aromatic rings. The van der Waals surface area contributed by atoms with Crippen molar-refractivity contribution < 1.29 is 4.79 Å². The van der Waals surface area contributed by atoms with E-state index in [2.05, 4.69) is 0 Å². The lowest BCUT2D eigenvalue weighted by Gasteiger charge is -2.13. The third-order valence-electron chi connectivity index (χ3n) is 3.35. The molecule has 1 amide bonds. The van der Waals surface area contributed by atoms with Crippen LogP contribution in [-0.4, -0.2) is 5.91 Å². The Bertz CT molecular complexity index is 626. The van der Waals surface area contributed by atoms with Crippen LogP contribution in [0.2, 0.25) is 0 Å². The fourth-order valence-corrected chi connectivity index (χ4v) is 2.27. The second kappa shape index (κ2) is 4.73. The molecule has 0 aliphatic carbocycles. The van der Waals surface area contributed by atoms with Crippen LogP contribution in [0.25, 0.3) is 5.57 Å². The Morgan fingerprint density at radius 1 is 0.947 bits per heavy atom. The van der Waals surface area contributed by atoms with E-state index < -0.39 is 0 Å². The van der Waals surface area contributed by atoms with E-state index in [1.165, 1.54) is 5.56 Å². The molecule has 0 atom stereocenters. The van der Waals surface area contributed by atoms with Gasteiger partial charge in [0, 0.05) is 11.9 Å². The number of hydrogen-bond acceptors (Lipinski definition) is 1. The van der Waals surface area contributed by atoms with Crippen LogP contribution >= 0.6 is 0 Å². The molecule has 0 spiro atoms. The highest BCUT2D eigenvalue weighted by molar-refractivity contribution is 6.07. The number of benzene rings is 2. The van der Waals surface area contributed by atoms with Gasteiger partial charge in [0.25, 0.3) is 0 Å². The molecule has 0 fully saturated rings. The molecular weight excluding hydrogens is 234 g/mol. The fourth-order valence-electron chi connectivity index (χ4n) is 2.27. The highest BCUT2D eigenvalue weighted by Gasteiger charge is 2.23. The van der Waals surface area contributed by atoms with Gasteiger partial charge in [0.15, 0.2) is 0 Å². The average Bonchev–Trinajstić information content (AvgIpc) is 2.83. The maximum absolute atomic E-state index is 12.1. The van der Waals surface area contributed by atoms with Gasteiger partial charge < -0.3 is 0 Å². The van der Waals surface area contributed by atoms with Crippen molar-refractivity contribution in [3.05, 3.63) is 71.9 Å². The summed E-state index contributed by atoms with van der Waals surface area (Å²) >= 11 is 0. The summed E-state index contributed by atoms with van der Waals surface area (Å²) in [4.78, 5) is 13.9. The Hall–Kier alpha value is -2.35. The molecule has 1 aliphatic rings. The molecule has 0 saturated carbocycles. The molecule has 0 bridgehead atoms. The van der Waals surface area contributed by atoms with E-state index in [1.807, 2.05) is 67.7 Å². The van der Waals surface area contributed by atoms with Crippen LogP contribution < -0.4 is 4.90 Å². The SMILES string of the molecule is Cc1ccc(N2C=C(c3ccccc3)CC2=O)cc1. The maximum Gasteiger partial charge on any atom is 0.235 e. The first kappa shape index (κ1) is 11.7. The summed E-state index contributed by atoms with van der Waals surface area (Å²) in [7, 11) is 0. The number of hydrogen-bond donors (Lipinski definition) is 0. The third-order valence-corrected chi connectivity index (χ3v) is 3.35. The molecule has 0 aromatic heterocycles. The average molecular weight is 249 g/mol. The molecule has 2 heteroatoms. The van der Waals surface area contributed by atoms with Crippen LogP contribution in [0, 0.1) is 6.92 Å². The lowest BCUT2D eigenvalue weighted by Crippen LogP contribution is -2.19. The summed E-state index contributed by atoms with van der Waals surface area (Å²) < 4.78 is 0. The van der Waals surface area contributed by atoms with Gasteiger partial charge in [0.1, 0.15) is 0 Å². The van der Waals surface area contributed by atoms with Crippen LogP contribution in [0.1, 0.15) is 17.5 Å². The minimum atomic E-state index is 0.128. The van der Waals surface area contributed by atoms with Crippen molar-refractivity contribution in [2.75, 3.05) is 4.90 Å². The van der Waals surface area contributed by atoms with Gasteiger partial charge in [-0.05, 0) is 30.2 Å². The second-order valence-electron chi connectivity index (χ2n) is 4.80. The summed E-state index contributed by atoms with van der Waals surface area (Å²) in [5, 5.41) is 0. The van der Waals surface area contributed by atoms with E-state index in [4.69, 9.17) is 0 Å². The molecule has 0 unspecified atom stereocenters. The van der Waals surface area contributed by atoms with Gasteiger partial charge >= 0.3 is 0 Å². The molecule has 2 aromatic carbocycles. The summed E-state index contributed by atoms with van der Waals surface area (Å²) in [5.41, 5.74) is 4.32. The topological polar surface area (TPSA) is 20.3 Å². The fraction of sp³-hybridized carbons (Fsp3) is 0.118. The molecule has 94 valence electrons. The normalized spacial score (nSPS) is 14.7. The zero-order valence-electron chi connectivity index (χ0n) is 10.8. The van der Waals surface area contributed by atoms with Crippen LogP contribution in [0.5, 0.6) is 0 Å². The van der Waals surface area contributed by atoms with E-state index in [9.17, 15) is 4.79 Å². The lowest BCUT2D eigenvalue weighted by atomic mass is 10.1. The van der Waals surface area contributed by atoms with E-state index in [-0.39, 0.29) is 5.91 Å². The summed E-state index contributed by atoms with van der Waals surface area (Å²) in [5.74, 6) is 0.128. The molecule has 0 radical (unpaired) electrons. The van der Waals surface area contributed by atoms with Crippen LogP contribution in [0.15, 0.2) is 60.8 Å². The predicted octanol–water partition coefficient (Wildman–Crippen LogP) is 3.77. The van der Waals surface area contributed by atoms with Crippen molar-refractivity contribution in [1.82, 2.24) is 0 Å². The molecule has 2 nitrogen and oxygen atoms in total. The molecule has 19 heavy (non-hydrogen) atoms. The van der Waals surface area contributed by atoms with E-state index >= 15 is 0 Å². The second-order valence-corrected chi connectivity index (χ2v) is 4.80. The number of amides is 1. The molecule has 3 rings (SSSR count). The number of aryl methyl sites for hydroxylation is 1. The molecule has 1 aliphatic heterocycles. The summed E-state index contributed by atoms with van der Waals surface area (Å²) in [6, 6.07) is 18.1. The maximum atomic E-state index is 12.1. The van der Waals surface area contributed by atoms with Crippen molar-refractivity contribution in [2.24, 2.45) is 0 Å². The van der Waals surface area contributed by atoms with Gasteiger partial charge in [-0.25, -0.2) is 0 Å². The Kier molecular flexibility index (Phi) is 2.92. The Labute approximate surface area is 113 Å². The Morgan fingerprint density at radius 2 is 1.63 bits per heavy atom. The first-order valence-corrected chi connectivity index (χ1v) is 6.39. The number of carbonyl (C=O) groups is 1. The standard InChI is InChI=1S/C17H15NO/c1-13-7-9-16(10-8-13)18-12-15(11-17(18)19)14-5-3-2-4-6-14/h2-10,12H,11H2,1H3. The van der Waals surface area contributed by atoms with Gasteiger partial charge in [-0.1, -0.05) is 48.0 Å². The van der Waals surface area contributed by atoms with E-state index in [0.29, 0.717) is 6.42 Å². The minimum Gasteiger partial charge on any atom is -0.287 e. The first-order chi connectivity index (χ1) is 9.24. The van der Waals surface area contributed by atoms with Crippen molar-refractivity contribution in [1.29, 1.82) is 0 Å². The third kappa shape index (κ3) is 2.29. The van der Waals surface area contributed by atoms with Gasteiger partial charge in [-0.2, -0.15) is 0 Å². The van der Waals surface area contributed by atoms with Crippen molar-refractivity contribution in [2.45, 2.75) is 13.3 Å². The van der Waals surface area contributed by atoms with Gasteiger partial charge in [-0.15, -0.1) is 0 Å². The highest BCUT2D eigenvalue weighted by Crippen LogP contribution is 2.29. The van der Waals surface area contributed by atoms with Gasteiger partial charge in [0.05, 0.1) is 6.42 Å². The Balaban J connectivity index is 1.93. The smallest absolute Gasteiger partial charge is 0.235 e. The number of carbonyl (C=O) groups excluding carboxylic acids is 1. The molecule has 1 heterocycles. The predicted molar refractivity (Wildman–Crippen MR) is 77.7 cm³/mol. The van der Waals surface area contributed by atoms with Crippen molar-refractivity contribution >= 4 is 17.2 Å². The lowest BCUT2D eigenvalue weighted by molar-refractivity contribution is -0.116. The van der Waals surface area contributed by atoms with Gasteiger partial charge in [0.2, 0.25) is 5.91 Å². The number of nitrogens with zero attached hydrogens (tertiary/aromatic N) is 1. The van der Waals surface area contributed by atoms with Crippen LogP contribution in [-0.2, 0) is 4.79 Å². The number of rotatable bonds is 2.